The van der Waals surface area contributed by atoms with Crippen molar-refractivity contribution in [2.24, 2.45) is 0 Å². The molecule has 6 heteroatoms. The van der Waals surface area contributed by atoms with Gasteiger partial charge in [-0.05, 0) is 19.8 Å². The molecule has 0 aliphatic rings. The first kappa shape index (κ1) is 16.2. The van der Waals surface area contributed by atoms with Crippen molar-refractivity contribution in [1.29, 1.82) is 0 Å². The van der Waals surface area contributed by atoms with Gasteiger partial charge in [-0.25, -0.2) is 0 Å². The zero-order chi connectivity index (χ0) is 15.0. The van der Waals surface area contributed by atoms with Crippen LogP contribution in [0.1, 0.15) is 46.5 Å². The number of unbranched alkanes of at least 4 members (excludes halogenated alkanes) is 1. The topological polar surface area (TPSA) is 75.4 Å². The van der Waals surface area contributed by atoms with Crippen LogP contribution in [0.3, 0.4) is 0 Å². The summed E-state index contributed by atoms with van der Waals surface area (Å²) in [6.07, 6.45) is 4.49. The number of carbonyl (C=O) groups is 2. The van der Waals surface area contributed by atoms with Crippen LogP contribution in [0, 0.1) is 0 Å². The number of nitrogens with zero attached hydrogens (tertiary/aromatic N) is 2. The predicted molar refractivity (Wildman–Crippen MR) is 76.1 cm³/mol. The normalized spacial score (nSPS) is 11.9. The monoisotopic (exact) mass is 281 g/mol. The molecule has 0 bridgehead atoms. The van der Waals surface area contributed by atoms with Crippen molar-refractivity contribution in [2.45, 2.75) is 52.5 Å². The summed E-state index contributed by atoms with van der Waals surface area (Å²) in [4.78, 5) is 25.7. The van der Waals surface area contributed by atoms with E-state index in [-0.39, 0.29) is 24.4 Å². The predicted octanol–water partition coefficient (Wildman–Crippen LogP) is 2.43. The molecule has 1 aromatic rings. The van der Waals surface area contributed by atoms with E-state index in [0.717, 1.165) is 19.3 Å². The molecule has 112 valence electrons. The Morgan fingerprint density at radius 2 is 2.20 bits per heavy atom. The Balaban J connectivity index is 2.59. The average molecular weight is 281 g/mol. The lowest BCUT2D eigenvalue weighted by Gasteiger charge is -2.28. The van der Waals surface area contributed by atoms with Crippen LogP contribution < -0.4 is 5.32 Å². The first-order valence-corrected chi connectivity index (χ1v) is 7.08. The van der Waals surface area contributed by atoms with Crippen molar-refractivity contribution in [3.05, 3.63) is 12.3 Å². The zero-order valence-electron chi connectivity index (χ0n) is 12.4. The second-order valence-electron chi connectivity index (χ2n) is 4.82. The molecule has 1 unspecified atom stereocenters. The lowest BCUT2D eigenvalue weighted by Crippen LogP contribution is -2.43. The van der Waals surface area contributed by atoms with Crippen LogP contribution in [0.15, 0.2) is 16.9 Å². The third kappa shape index (κ3) is 5.03. The Hall–Kier alpha value is -1.85. The van der Waals surface area contributed by atoms with Gasteiger partial charge in [0, 0.05) is 18.5 Å². The SMILES string of the molecule is CCCCC(=O)N(CC(=O)Nc1ccon1)C(C)CC. The molecule has 1 aromatic heterocycles. The van der Waals surface area contributed by atoms with Crippen LogP contribution in [0.4, 0.5) is 5.82 Å². The summed E-state index contributed by atoms with van der Waals surface area (Å²) in [7, 11) is 0. The second-order valence-corrected chi connectivity index (χ2v) is 4.82. The standard InChI is InChI=1S/C14H23N3O3/c1-4-6-7-14(19)17(11(3)5-2)10-13(18)15-12-8-9-20-16-12/h8-9,11H,4-7,10H2,1-3H3,(H,15,16,18). The molecule has 1 heterocycles. The highest BCUT2D eigenvalue weighted by molar-refractivity contribution is 5.93. The van der Waals surface area contributed by atoms with Gasteiger partial charge in [0.15, 0.2) is 5.82 Å². The summed E-state index contributed by atoms with van der Waals surface area (Å²) in [6, 6.07) is 1.60. The fourth-order valence-electron chi connectivity index (χ4n) is 1.80. The number of hydrogen-bond donors (Lipinski definition) is 1. The Labute approximate surface area is 119 Å². The van der Waals surface area contributed by atoms with Gasteiger partial charge < -0.3 is 14.7 Å². The van der Waals surface area contributed by atoms with Gasteiger partial charge in [0.2, 0.25) is 11.8 Å². The van der Waals surface area contributed by atoms with Crippen molar-refractivity contribution in [2.75, 3.05) is 11.9 Å². The van der Waals surface area contributed by atoms with E-state index in [1.54, 1.807) is 11.0 Å². The lowest BCUT2D eigenvalue weighted by molar-refractivity contribution is -0.136. The van der Waals surface area contributed by atoms with Gasteiger partial charge in [0.25, 0.3) is 0 Å². The molecule has 0 aliphatic heterocycles. The summed E-state index contributed by atoms with van der Waals surface area (Å²) < 4.78 is 4.64. The van der Waals surface area contributed by atoms with Gasteiger partial charge in [-0.15, -0.1) is 0 Å². The minimum Gasteiger partial charge on any atom is -0.363 e. The number of aromatic nitrogens is 1. The van der Waals surface area contributed by atoms with Gasteiger partial charge in [-0.2, -0.15) is 0 Å². The molecule has 1 atom stereocenters. The maximum Gasteiger partial charge on any atom is 0.245 e. The molecular formula is C14H23N3O3. The summed E-state index contributed by atoms with van der Waals surface area (Å²) >= 11 is 0. The molecule has 1 rings (SSSR count). The molecule has 0 aliphatic carbocycles. The highest BCUT2D eigenvalue weighted by atomic mass is 16.5. The fraction of sp³-hybridized carbons (Fsp3) is 0.643. The third-order valence-corrected chi connectivity index (χ3v) is 3.21. The van der Waals surface area contributed by atoms with Crippen molar-refractivity contribution in [3.8, 4) is 0 Å². The molecule has 0 fully saturated rings. The summed E-state index contributed by atoms with van der Waals surface area (Å²) in [5.74, 6) is 0.126. The quantitative estimate of drug-likeness (QED) is 0.794. The number of rotatable bonds is 8. The Morgan fingerprint density at radius 1 is 1.45 bits per heavy atom. The molecule has 0 radical (unpaired) electrons. The second kappa shape index (κ2) is 8.35. The highest BCUT2D eigenvalue weighted by Crippen LogP contribution is 2.09. The molecule has 0 spiro atoms. The van der Waals surface area contributed by atoms with Gasteiger partial charge in [0.05, 0.1) is 0 Å². The Bertz CT molecular complexity index is 417. The number of hydrogen-bond acceptors (Lipinski definition) is 4. The maximum atomic E-state index is 12.2. The van der Waals surface area contributed by atoms with E-state index in [1.165, 1.54) is 6.26 Å². The van der Waals surface area contributed by atoms with E-state index in [0.29, 0.717) is 12.2 Å². The summed E-state index contributed by atoms with van der Waals surface area (Å²) in [5.41, 5.74) is 0. The first-order valence-electron chi connectivity index (χ1n) is 7.08. The van der Waals surface area contributed by atoms with Crippen LogP contribution in [0.5, 0.6) is 0 Å². The average Bonchev–Trinajstić information content (AvgIpc) is 2.94. The van der Waals surface area contributed by atoms with Crippen LogP contribution >= 0.6 is 0 Å². The smallest absolute Gasteiger partial charge is 0.245 e. The van der Waals surface area contributed by atoms with Crippen molar-refractivity contribution < 1.29 is 14.1 Å². The van der Waals surface area contributed by atoms with Crippen LogP contribution in [0.2, 0.25) is 0 Å². The first-order chi connectivity index (χ1) is 9.58. The highest BCUT2D eigenvalue weighted by Gasteiger charge is 2.21. The molecule has 0 aromatic carbocycles. The minimum absolute atomic E-state index is 0.0245. The number of carbonyl (C=O) groups excluding carboxylic acids is 2. The van der Waals surface area contributed by atoms with Crippen molar-refractivity contribution >= 4 is 17.6 Å². The van der Waals surface area contributed by atoms with Gasteiger partial charge in [-0.3, -0.25) is 9.59 Å². The van der Waals surface area contributed by atoms with E-state index in [4.69, 9.17) is 0 Å². The molecule has 0 saturated carbocycles. The molecule has 1 N–H and O–H groups in total. The van der Waals surface area contributed by atoms with Gasteiger partial charge in [-0.1, -0.05) is 25.4 Å². The largest absolute Gasteiger partial charge is 0.363 e. The van der Waals surface area contributed by atoms with Crippen molar-refractivity contribution in [1.82, 2.24) is 10.1 Å². The summed E-state index contributed by atoms with van der Waals surface area (Å²) in [5, 5.41) is 6.22. The molecule has 20 heavy (non-hydrogen) atoms. The van der Waals surface area contributed by atoms with E-state index in [2.05, 4.69) is 15.0 Å². The van der Waals surface area contributed by atoms with Crippen LogP contribution in [-0.2, 0) is 9.59 Å². The number of anilines is 1. The summed E-state index contributed by atoms with van der Waals surface area (Å²) in [6.45, 7) is 6.04. The zero-order valence-corrected chi connectivity index (χ0v) is 12.4. The molecule has 2 amide bonds. The molecule has 0 saturated heterocycles. The Kier molecular flexibility index (Phi) is 6.76. The minimum atomic E-state index is -0.260. The van der Waals surface area contributed by atoms with E-state index in [1.807, 2.05) is 20.8 Å². The van der Waals surface area contributed by atoms with E-state index >= 15 is 0 Å². The Morgan fingerprint density at radius 3 is 2.75 bits per heavy atom. The van der Waals surface area contributed by atoms with Crippen LogP contribution in [0.25, 0.3) is 0 Å². The van der Waals surface area contributed by atoms with E-state index < -0.39 is 0 Å². The number of amides is 2. The lowest BCUT2D eigenvalue weighted by atomic mass is 10.1. The van der Waals surface area contributed by atoms with E-state index in [9.17, 15) is 9.59 Å². The maximum absolute atomic E-state index is 12.2. The van der Waals surface area contributed by atoms with Crippen LogP contribution in [-0.4, -0.2) is 34.5 Å². The van der Waals surface area contributed by atoms with Gasteiger partial charge >= 0.3 is 0 Å². The third-order valence-electron chi connectivity index (χ3n) is 3.21. The molecule has 6 nitrogen and oxygen atoms in total. The molecular weight excluding hydrogens is 258 g/mol. The fourth-order valence-corrected chi connectivity index (χ4v) is 1.80. The van der Waals surface area contributed by atoms with Gasteiger partial charge in [0.1, 0.15) is 12.8 Å². The van der Waals surface area contributed by atoms with Crippen molar-refractivity contribution in [3.63, 3.8) is 0 Å². The number of nitrogens with one attached hydrogen (secondary N) is 1.